The Kier molecular flexibility index (Phi) is 3.02. The minimum Gasteiger partial charge on any atom is -0.486 e. The summed E-state index contributed by atoms with van der Waals surface area (Å²) in [6, 6.07) is 5.61. The van der Waals surface area contributed by atoms with Gasteiger partial charge < -0.3 is 9.47 Å². The van der Waals surface area contributed by atoms with Gasteiger partial charge in [0.2, 0.25) is 0 Å². The van der Waals surface area contributed by atoms with E-state index in [0.29, 0.717) is 16.9 Å². The summed E-state index contributed by atoms with van der Waals surface area (Å²) in [7, 11) is 0. The van der Waals surface area contributed by atoms with Crippen LogP contribution in [0.1, 0.15) is 33.6 Å². The normalized spacial score (nSPS) is 16.0. The van der Waals surface area contributed by atoms with Gasteiger partial charge in [0.05, 0.1) is 11.1 Å². The molecule has 0 bridgehead atoms. The van der Waals surface area contributed by atoms with Crippen molar-refractivity contribution in [3.8, 4) is 11.5 Å². The molecule has 1 aliphatic carbocycles. The van der Waals surface area contributed by atoms with Crippen LogP contribution < -0.4 is 9.47 Å². The molecule has 16 heavy (non-hydrogen) atoms. The monoisotopic (exact) mass is 240 g/mol. The predicted molar refractivity (Wildman–Crippen MR) is 65.5 cm³/mol. The Hall–Kier alpha value is -0.890. The topological polar surface area (TPSA) is 18.5 Å². The maximum Gasteiger partial charge on any atom is 0.180 e. The van der Waals surface area contributed by atoms with Crippen LogP contribution in [-0.2, 0) is 0 Å². The van der Waals surface area contributed by atoms with Gasteiger partial charge in [-0.3, -0.25) is 0 Å². The molecule has 2 nitrogen and oxygen atoms in total. The van der Waals surface area contributed by atoms with Crippen LogP contribution in [0.5, 0.6) is 11.5 Å². The Morgan fingerprint density at radius 3 is 2.50 bits per heavy atom. The first kappa shape index (κ1) is 11.6. The molecule has 1 saturated carbocycles. The minimum atomic E-state index is -0.271. The molecule has 1 fully saturated rings. The van der Waals surface area contributed by atoms with Crippen LogP contribution >= 0.6 is 11.6 Å². The second kappa shape index (κ2) is 4.17. The lowest BCUT2D eigenvalue weighted by Crippen LogP contribution is -2.23. The predicted octanol–water partition coefficient (Wildman–Crippen LogP) is 4.06. The van der Waals surface area contributed by atoms with Crippen molar-refractivity contribution in [3.05, 3.63) is 23.2 Å². The fourth-order valence-corrected chi connectivity index (χ4v) is 1.56. The van der Waals surface area contributed by atoms with Gasteiger partial charge in [-0.15, -0.1) is 0 Å². The number of hydrogen-bond acceptors (Lipinski definition) is 2. The van der Waals surface area contributed by atoms with Crippen molar-refractivity contribution in [3.63, 3.8) is 0 Å². The molecule has 0 aliphatic heterocycles. The molecule has 0 atom stereocenters. The van der Waals surface area contributed by atoms with Gasteiger partial charge in [0.1, 0.15) is 5.60 Å². The van der Waals surface area contributed by atoms with Crippen molar-refractivity contribution in [1.82, 2.24) is 0 Å². The van der Waals surface area contributed by atoms with Gasteiger partial charge in [-0.25, -0.2) is 0 Å². The van der Waals surface area contributed by atoms with Gasteiger partial charge in [0.25, 0.3) is 0 Å². The number of rotatable bonds is 3. The van der Waals surface area contributed by atoms with Crippen LogP contribution in [0, 0.1) is 0 Å². The van der Waals surface area contributed by atoms with Gasteiger partial charge in [0, 0.05) is 0 Å². The molecule has 0 spiro atoms. The molecule has 0 radical (unpaired) electrons. The smallest absolute Gasteiger partial charge is 0.180 e. The van der Waals surface area contributed by atoms with Crippen LogP contribution in [0.2, 0.25) is 5.02 Å². The molecule has 0 saturated heterocycles. The van der Waals surface area contributed by atoms with Crippen molar-refractivity contribution < 1.29 is 9.47 Å². The third-order valence-corrected chi connectivity index (χ3v) is 2.45. The van der Waals surface area contributed by atoms with Crippen molar-refractivity contribution in [2.45, 2.75) is 45.3 Å². The molecular weight excluding hydrogens is 224 g/mol. The molecule has 0 N–H and O–H groups in total. The van der Waals surface area contributed by atoms with E-state index in [4.69, 9.17) is 21.1 Å². The maximum absolute atomic E-state index is 6.13. The molecule has 2 rings (SSSR count). The third-order valence-electron chi connectivity index (χ3n) is 2.16. The lowest BCUT2D eigenvalue weighted by molar-refractivity contribution is 0.123. The average Bonchev–Trinajstić information content (AvgIpc) is 2.93. The highest BCUT2D eigenvalue weighted by molar-refractivity contribution is 6.32. The van der Waals surface area contributed by atoms with E-state index in [1.54, 1.807) is 0 Å². The summed E-state index contributed by atoms with van der Waals surface area (Å²) < 4.78 is 11.6. The van der Waals surface area contributed by atoms with Crippen LogP contribution in [0.15, 0.2) is 18.2 Å². The third kappa shape index (κ3) is 3.05. The zero-order valence-corrected chi connectivity index (χ0v) is 10.7. The van der Waals surface area contributed by atoms with E-state index in [2.05, 4.69) is 0 Å². The number of para-hydroxylation sites is 1. The Labute approximate surface area is 102 Å². The van der Waals surface area contributed by atoms with E-state index >= 15 is 0 Å². The average molecular weight is 241 g/mol. The molecule has 0 heterocycles. The van der Waals surface area contributed by atoms with Crippen LogP contribution in [0.25, 0.3) is 0 Å². The van der Waals surface area contributed by atoms with Gasteiger partial charge in [0.15, 0.2) is 11.5 Å². The van der Waals surface area contributed by atoms with Gasteiger partial charge in [-0.05, 0) is 45.7 Å². The maximum atomic E-state index is 6.13. The molecule has 0 amide bonds. The second-order valence-corrected chi connectivity index (χ2v) is 5.51. The zero-order valence-electron chi connectivity index (χ0n) is 9.92. The standard InChI is InChI=1S/C13H17ClO2/c1-13(2,3)16-12-10(14)5-4-6-11(12)15-9-7-8-9/h4-6,9H,7-8H2,1-3H3. The number of halogens is 1. The first-order valence-corrected chi connectivity index (χ1v) is 5.98. The molecule has 3 heteroatoms. The lowest BCUT2D eigenvalue weighted by atomic mass is 10.2. The van der Waals surface area contributed by atoms with Crippen molar-refractivity contribution in [1.29, 1.82) is 0 Å². The second-order valence-electron chi connectivity index (χ2n) is 5.10. The van der Waals surface area contributed by atoms with Gasteiger partial charge in [-0.1, -0.05) is 17.7 Å². The summed E-state index contributed by atoms with van der Waals surface area (Å²) in [5, 5.41) is 0.605. The number of benzene rings is 1. The lowest BCUT2D eigenvalue weighted by Gasteiger charge is -2.23. The van der Waals surface area contributed by atoms with E-state index in [9.17, 15) is 0 Å². The first-order chi connectivity index (χ1) is 7.46. The summed E-state index contributed by atoms with van der Waals surface area (Å²) in [6.45, 7) is 5.99. The molecule has 1 aliphatic rings. The highest BCUT2D eigenvalue weighted by atomic mass is 35.5. The van der Waals surface area contributed by atoms with E-state index in [1.807, 2.05) is 39.0 Å². The molecule has 0 aromatic heterocycles. The Morgan fingerprint density at radius 2 is 1.94 bits per heavy atom. The molecule has 1 aromatic rings. The van der Waals surface area contributed by atoms with Crippen molar-refractivity contribution in [2.24, 2.45) is 0 Å². The number of ether oxygens (including phenoxy) is 2. The number of hydrogen-bond donors (Lipinski definition) is 0. The SMILES string of the molecule is CC(C)(C)Oc1c(Cl)cccc1OC1CC1. The summed E-state index contributed by atoms with van der Waals surface area (Å²) in [6.07, 6.45) is 2.60. The zero-order chi connectivity index (χ0) is 11.8. The quantitative estimate of drug-likeness (QED) is 0.793. The fraction of sp³-hybridized carbons (Fsp3) is 0.538. The van der Waals surface area contributed by atoms with E-state index < -0.39 is 0 Å². The van der Waals surface area contributed by atoms with E-state index in [-0.39, 0.29) is 5.60 Å². The molecule has 0 unspecified atom stereocenters. The van der Waals surface area contributed by atoms with E-state index in [1.165, 1.54) is 0 Å². The molecular formula is C13H17ClO2. The summed E-state index contributed by atoms with van der Waals surface area (Å²) in [5.74, 6) is 1.41. The van der Waals surface area contributed by atoms with Crippen LogP contribution in [-0.4, -0.2) is 11.7 Å². The molecule has 1 aromatic carbocycles. The summed E-state index contributed by atoms with van der Waals surface area (Å²) in [4.78, 5) is 0. The van der Waals surface area contributed by atoms with Crippen LogP contribution in [0.3, 0.4) is 0 Å². The van der Waals surface area contributed by atoms with Crippen LogP contribution in [0.4, 0.5) is 0 Å². The van der Waals surface area contributed by atoms with Crippen molar-refractivity contribution >= 4 is 11.6 Å². The van der Waals surface area contributed by atoms with Gasteiger partial charge in [-0.2, -0.15) is 0 Å². The summed E-state index contributed by atoms with van der Waals surface area (Å²) >= 11 is 6.13. The van der Waals surface area contributed by atoms with Crippen molar-refractivity contribution in [2.75, 3.05) is 0 Å². The Morgan fingerprint density at radius 1 is 1.25 bits per heavy atom. The van der Waals surface area contributed by atoms with Gasteiger partial charge >= 0.3 is 0 Å². The minimum absolute atomic E-state index is 0.271. The Bertz CT molecular complexity index is 378. The Balaban J connectivity index is 2.24. The molecule has 88 valence electrons. The van der Waals surface area contributed by atoms with E-state index in [0.717, 1.165) is 18.6 Å². The highest BCUT2D eigenvalue weighted by Gasteiger charge is 2.26. The first-order valence-electron chi connectivity index (χ1n) is 5.60. The fourth-order valence-electron chi connectivity index (χ4n) is 1.35. The largest absolute Gasteiger partial charge is 0.486 e. The summed E-state index contributed by atoms with van der Waals surface area (Å²) in [5.41, 5.74) is -0.271. The highest BCUT2D eigenvalue weighted by Crippen LogP contribution is 2.40.